The highest BCUT2D eigenvalue weighted by Crippen LogP contribution is 2.44. The first-order valence-electron chi connectivity index (χ1n) is 11.4. The molecule has 9 heteroatoms. The van der Waals surface area contributed by atoms with Crippen molar-refractivity contribution >= 4 is 11.9 Å². The zero-order valence-electron chi connectivity index (χ0n) is 20.5. The molecule has 0 saturated heterocycles. The Kier molecular flexibility index (Phi) is 7.00. The number of aryl methyl sites for hydroxylation is 2. The van der Waals surface area contributed by atoms with Crippen molar-refractivity contribution in [2.75, 3.05) is 14.2 Å². The van der Waals surface area contributed by atoms with Crippen LogP contribution in [0.4, 0.5) is 0 Å². The molecular weight excluding hydrogens is 466 g/mol. The van der Waals surface area contributed by atoms with Gasteiger partial charge in [0.25, 0.3) is 5.56 Å². The Bertz CT molecular complexity index is 1350. The molecule has 3 aromatic rings. The fraction of sp³-hybridized carbons (Fsp3) is 0.296. The summed E-state index contributed by atoms with van der Waals surface area (Å²) in [5.74, 6) is -0.640. The summed E-state index contributed by atoms with van der Waals surface area (Å²) in [5.41, 5.74) is 2.31. The number of methoxy groups -OCH3 is 2. The highest BCUT2D eigenvalue weighted by molar-refractivity contribution is 5.78. The molecule has 36 heavy (non-hydrogen) atoms. The van der Waals surface area contributed by atoms with Gasteiger partial charge < -0.3 is 28.6 Å². The lowest BCUT2D eigenvalue weighted by Gasteiger charge is -2.27. The van der Waals surface area contributed by atoms with Crippen LogP contribution in [-0.4, -0.2) is 35.8 Å². The Balaban J connectivity index is 1.79. The molecule has 1 aliphatic heterocycles. The molecule has 1 aromatic heterocycles. The standard InChI is InChI=1S/C27H27NO8/c1-15-11-21-25(27(32)28(15)10-9-17-5-7-19(30)8-6-17)20(14-24(31)36-21)18-12-22(33-3)26(35-16(2)29)23(13-18)34-4/h5-8,11-13,20,30H,9-10,14H2,1-4H3/t20-/m0/s1. The summed E-state index contributed by atoms with van der Waals surface area (Å²) in [6.45, 7) is 3.46. The molecule has 0 amide bonds. The summed E-state index contributed by atoms with van der Waals surface area (Å²) >= 11 is 0. The van der Waals surface area contributed by atoms with E-state index in [0.29, 0.717) is 29.8 Å². The van der Waals surface area contributed by atoms with Crippen molar-refractivity contribution in [2.45, 2.75) is 39.2 Å². The van der Waals surface area contributed by atoms with E-state index in [1.165, 1.54) is 21.1 Å². The predicted molar refractivity (Wildman–Crippen MR) is 130 cm³/mol. The van der Waals surface area contributed by atoms with Gasteiger partial charge >= 0.3 is 11.9 Å². The number of aromatic nitrogens is 1. The quantitative estimate of drug-likeness (QED) is 0.393. The number of carbonyl (C=O) groups excluding carboxylic acids is 2. The molecule has 0 saturated carbocycles. The van der Waals surface area contributed by atoms with Crippen molar-refractivity contribution in [2.24, 2.45) is 0 Å². The van der Waals surface area contributed by atoms with Gasteiger partial charge in [0, 0.05) is 31.1 Å². The van der Waals surface area contributed by atoms with Gasteiger partial charge in [-0.2, -0.15) is 0 Å². The number of aromatic hydroxyl groups is 1. The van der Waals surface area contributed by atoms with Crippen molar-refractivity contribution in [3.05, 3.63) is 75.2 Å². The summed E-state index contributed by atoms with van der Waals surface area (Å²) in [6, 6.07) is 11.8. The third kappa shape index (κ3) is 4.91. The molecule has 0 bridgehead atoms. The van der Waals surface area contributed by atoms with Gasteiger partial charge in [0.15, 0.2) is 11.5 Å². The summed E-state index contributed by atoms with van der Waals surface area (Å²) in [7, 11) is 2.85. The first-order valence-corrected chi connectivity index (χ1v) is 11.4. The molecule has 2 aromatic carbocycles. The molecule has 0 fully saturated rings. The maximum Gasteiger partial charge on any atom is 0.312 e. The molecule has 0 spiro atoms. The minimum absolute atomic E-state index is 0.0531. The Morgan fingerprint density at radius 3 is 2.31 bits per heavy atom. The summed E-state index contributed by atoms with van der Waals surface area (Å²) < 4.78 is 23.2. The van der Waals surface area contributed by atoms with E-state index in [4.69, 9.17) is 18.9 Å². The van der Waals surface area contributed by atoms with E-state index in [2.05, 4.69) is 0 Å². The Morgan fingerprint density at radius 1 is 1.08 bits per heavy atom. The van der Waals surface area contributed by atoms with E-state index in [1.807, 2.05) is 12.1 Å². The molecule has 1 aliphatic rings. The number of fused-ring (bicyclic) bond motifs is 1. The van der Waals surface area contributed by atoms with Crippen LogP contribution < -0.4 is 24.5 Å². The third-order valence-electron chi connectivity index (χ3n) is 6.14. The van der Waals surface area contributed by atoms with Gasteiger partial charge in [-0.1, -0.05) is 12.1 Å². The number of benzene rings is 2. The lowest BCUT2D eigenvalue weighted by atomic mass is 9.86. The smallest absolute Gasteiger partial charge is 0.312 e. The van der Waals surface area contributed by atoms with E-state index < -0.39 is 17.9 Å². The molecule has 1 N–H and O–H groups in total. The molecule has 0 radical (unpaired) electrons. The van der Waals surface area contributed by atoms with Crippen LogP contribution in [0.1, 0.15) is 41.6 Å². The molecule has 4 rings (SSSR count). The van der Waals surface area contributed by atoms with Gasteiger partial charge in [0.1, 0.15) is 11.5 Å². The molecular formula is C27H27NO8. The largest absolute Gasteiger partial charge is 0.508 e. The van der Waals surface area contributed by atoms with E-state index in [9.17, 15) is 19.5 Å². The number of esters is 2. The van der Waals surface area contributed by atoms with Crippen LogP contribution in [0, 0.1) is 6.92 Å². The predicted octanol–water partition coefficient (Wildman–Crippen LogP) is 3.49. The van der Waals surface area contributed by atoms with Crippen molar-refractivity contribution < 1.29 is 33.6 Å². The van der Waals surface area contributed by atoms with Crippen LogP contribution in [0.25, 0.3) is 0 Å². The van der Waals surface area contributed by atoms with Gasteiger partial charge in [-0.05, 0) is 48.7 Å². The topological polar surface area (TPSA) is 113 Å². The van der Waals surface area contributed by atoms with Crippen LogP contribution in [0.2, 0.25) is 0 Å². The van der Waals surface area contributed by atoms with E-state index in [-0.39, 0.29) is 40.7 Å². The van der Waals surface area contributed by atoms with Crippen molar-refractivity contribution in [1.82, 2.24) is 4.57 Å². The second kappa shape index (κ2) is 10.2. The number of pyridine rings is 1. The van der Waals surface area contributed by atoms with Gasteiger partial charge in [0.05, 0.1) is 26.2 Å². The average Bonchev–Trinajstić information content (AvgIpc) is 2.84. The lowest BCUT2D eigenvalue weighted by molar-refractivity contribution is -0.135. The molecule has 0 aliphatic carbocycles. The number of hydrogen-bond acceptors (Lipinski definition) is 8. The number of carbonyl (C=O) groups is 2. The van der Waals surface area contributed by atoms with Gasteiger partial charge in [-0.3, -0.25) is 14.4 Å². The zero-order valence-corrected chi connectivity index (χ0v) is 20.5. The number of phenolic OH excluding ortho intramolecular Hbond substituents is 1. The van der Waals surface area contributed by atoms with Crippen LogP contribution in [0.15, 0.2) is 47.3 Å². The number of ether oxygens (including phenoxy) is 4. The molecule has 9 nitrogen and oxygen atoms in total. The maximum absolute atomic E-state index is 13.7. The monoisotopic (exact) mass is 493 g/mol. The minimum atomic E-state index is -0.622. The first-order chi connectivity index (χ1) is 17.2. The fourth-order valence-corrected chi connectivity index (χ4v) is 4.41. The highest BCUT2D eigenvalue weighted by atomic mass is 16.6. The lowest BCUT2D eigenvalue weighted by Crippen LogP contribution is -2.33. The summed E-state index contributed by atoms with van der Waals surface area (Å²) in [5, 5.41) is 9.52. The van der Waals surface area contributed by atoms with Crippen LogP contribution in [-0.2, 0) is 22.6 Å². The summed E-state index contributed by atoms with van der Waals surface area (Å²) in [4.78, 5) is 37.8. The van der Waals surface area contributed by atoms with Crippen LogP contribution in [0.3, 0.4) is 0 Å². The molecule has 1 atom stereocenters. The van der Waals surface area contributed by atoms with E-state index in [1.54, 1.807) is 41.8 Å². The number of nitrogens with zero attached hydrogens (tertiary/aromatic N) is 1. The number of phenols is 1. The normalized spacial score (nSPS) is 14.6. The molecule has 0 unspecified atom stereocenters. The third-order valence-corrected chi connectivity index (χ3v) is 6.14. The highest BCUT2D eigenvalue weighted by Gasteiger charge is 2.34. The second-order valence-electron chi connectivity index (χ2n) is 8.52. The van der Waals surface area contributed by atoms with Gasteiger partial charge in [-0.25, -0.2) is 0 Å². The van der Waals surface area contributed by atoms with Crippen molar-refractivity contribution in [3.63, 3.8) is 0 Å². The Hall–Kier alpha value is -4.27. The first kappa shape index (κ1) is 24.8. The Morgan fingerprint density at radius 2 is 1.72 bits per heavy atom. The minimum Gasteiger partial charge on any atom is -0.508 e. The van der Waals surface area contributed by atoms with Crippen LogP contribution >= 0.6 is 0 Å². The zero-order chi connectivity index (χ0) is 26.0. The summed E-state index contributed by atoms with van der Waals surface area (Å²) in [6.07, 6.45) is 0.519. The second-order valence-corrected chi connectivity index (χ2v) is 8.52. The number of hydrogen-bond donors (Lipinski definition) is 1. The number of rotatable bonds is 7. The van der Waals surface area contributed by atoms with Crippen molar-refractivity contribution in [1.29, 1.82) is 0 Å². The maximum atomic E-state index is 13.7. The fourth-order valence-electron chi connectivity index (χ4n) is 4.41. The van der Waals surface area contributed by atoms with Gasteiger partial charge in [-0.15, -0.1) is 0 Å². The van der Waals surface area contributed by atoms with Crippen LogP contribution in [0.5, 0.6) is 28.7 Å². The van der Waals surface area contributed by atoms with E-state index >= 15 is 0 Å². The molecule has 2 heterocycles. The average molecular weight is 494 g/mol. The Labute approximate surface area is 207 Å². The van der Waals surface area contributed by atoms with E-state index in [0.717, 1.165) is 5.56 Å². The van der Waals surface area contributed by atoms with Crippen molar-refractivity contribution in [3.8, 4) is 28.7 Å². The SMILES string of the molecule is COc1cc([C@@H]2CC(=O)Oc3cc(C)n(CCc4ccc(O)cc4)c(=O)c32)cc(OC)c1OC(C)=O. The van der Waals surface area contributed by atoms with Gasteiger partial charge in [0.2, 0.25) is 5.75 Å². The molecule has 188 valence electrons.